The van der Waals surface area contributed by atoms with Crippen molar-refractivity contribution in [2.75, 3.05) is 13.7 Å². The summed E-state index contributed by atoms with van der Waals surface area (Å²) in [6.45, 7) is 2.55. The van der Waals surface area contributed by atoms with E-state index in [1.54, 1.807) is 19.5 Å². The highest BCUT2D eigenvalue weighted by atomic mass is 16.5. The molecule has 0 saturated heterocycles. The molecule has 20 heavy (non-hydrogen) atoms. The molecule has 0 saturated carbocycles. The largest absolute Gasteiger partial charge is 0.497 e. The van der Waals surface area contributed by atoms with Crippen LogP contribution >= 0.6 is 0 Å². The Morgan fingerprint density at radius 1 is 1.20 bits per heavy atom. The second kappa shape index (κ2) is 7.03. The number of aliphatic hydroxyl groups is 1. The molecule has 0 bridgehead atoms. The van der Waals surface area contributed by atoms with Crippen molar-refractivity contribution in [2.45, 2.75) is 19.1 Å². The molecule has 4 heteroatoms. The number of pyridine rings is 1. The molecule has 1 aromatic carbocycles. The number of benzene rings is 1. The zero-order chi connectivity index (χ0) is 14.4. The van der Waals surface area contributed by atoms with Crippen LogP contribution in [0.5, 0.6) is 5.75 Å². The number of aromatic nitrogens is 1. The molecule has 0 spiro atoms. The average Bonchev–Trinajstić information content (AvgIpc) is 2.53. The maximum Gasteiger partial charge on any atom is 0.119 e. The Morgan fingerprint density at radius 2 is 1.95 bits per heavy atom. The highest BCUT2D eigenvalue weighted by Gasteiger charge is 2.11. The molecule has 0 radical (unpaired) electrons. The monoisotopic (exact) mass is 272 g/mol. The smallest absolute Gasteiger partial charge is 0.119 e. The van der Waals surface area contributed by atoms with E-state index in [4.69, 9.17) is 4.74 Å². The fraction of sp³-hybridized carbons (Fsp3) is 0.312. The van der Waals surface area contributed by atoms with Crippen molar-refractivity contribution in [3.8, 4) is 5.75 Å². The summed E-state index contributed by atoms with van der Waals surface area (Å²) in [4.78, 5) is 4.00. The van der Waals surface area contributed by atoms with E-state index in [1.807, 2.05) is 36.4 Å². The van der Waals surface area contributed by atoms with E-state index >= 15 is 0 Å². The third kappa shape index (κ3) is 3.79. The molecule has 1 heterocycles. The van der Waals surface area contributed by atoms with Crippen molar-refractivity contribution in [1.29, 1.82) is 0 Å². The summed E-state index contributed by atoms with van der Waals surface area (Å²) in [6, 6.07) is 11.6. The van der Waals surface area contributed by atoms with Crippen molar-refractivity contribution >= 4 is 0 Å². The lowest BCUT2D eigenvalue weighted by Gasteiger charge is -2.18. The summed E-state index contributed by atoms with van der Waals surface area (Å²) < 4.78 is 5.16. The Kier molecular flexibility index (Phi) is 5.09. The minimum Gasteiger partial charge on any atom is -0.497 e. The maximum atomic E-state index is 10.2. The lowest BCUT2D eigenvalue weighted by molar-refractivity contribution is 0.170. The van der Waals surface area contributed by atoms with Gasteiger partial charge in [0.15, 0.2) is 0 Å². The van der Waals surface area contributed by atoms with E-state index in [0.29, 0.717) is 6.54 Å². The first-order valence-corrected chi connectivity index (χ1v) is 6.66. The summed E-state index contributed by atoms with van der Waals surface area (Å²) in [5.41, 5.74) is 2.00. The van der Waals surface area contributed by atoms with E-state index in [1.165, 1.54) is 0 Å². The molecule has 0 amide bonds. The molecular weight excluding hydrogens is 252 g/mol. The van der Waals surface area contributed by atoms with Crippen LogP contribution in [0.15, 0.2) is 48.8 Å². The molecule has 2 atom stereocenters. The third-order valence-electron chi connectivity index (χ3n) is 3.30. The zero-order valence-corrected chi connectivity index (χ0v) is 11.8. The van der Waals surface area contributed by atoms with Crippen LogP contribution < -0.4 is 10.1 Å². The van der Waals surface area contributed by atoms with Gasteiger partial charge in [0.2, 0.25) is 0 Å². The van der Waals surface area contributed by atoms with Gasteiger partial charge in [-0.25, -0.2) is 0 Å². The Labute approximate surface area is 119 Å². The second-order valence-corrected chi connectivity index (χ2v) is 4.70. The van der Waals surface area contributed by atoms with Gasteiger partial charge in [-0.3, -0.25) is 4.98 Å². The standard InChI is InChI=1S/C16H20N2O2/c1-12(13-6-8-17-9-7-13)18-11-16(19)14-4-3-5-15(10-14)20-2/h3-10,12,16,18-19H,11H2,1-2H3/t12-,16?/m1/s1. The fourth-order valence-corrected chi connectivity index (χ4v) is 2.03. The molecule has 0 aliphatic rings. The van der Waals surface area contributed by atoms with Gasteiger partial charge in [-0.15, -0.1) is 0 Å². The van der Waals surface area contributed by atoms with Gasteiger partial charge in [0, 0.05) is 25.0 Å². The van der Waals surface area contributed by atoms with Crippen molar-refractivity contribution in [2.24, 2.45) is 0 Å². The highest BCUT2D eigenvalue weighted by molar-refractivity contribution is 5.30. The van der Waals surface area contributed by atoms with Gasteiger partial charge in [-0.05, 0) is 42.3 Å². The minimum absolute atomic E-state index is 0.165. The predicted molar refractivity (Wildman–Crippen MR) is 78.6 cm³/mol. The van der Waals surface area contributed by atoms with Crippen LogP contribution in [0.3, 0.4) is 0 Å². The first-order valence-electron chi connectivity index (χ1n) is 6.66. The molecule has 1 unspecified atom stereocenters. The predicted octanol–water partition coefficient (Wildman–Crippen LogP) is 2.47. The number of hydrogen-bond donors (Lipinski definition) is 2. The summed E-state index contributed by atoms with van der Waals surface area (Å²) in [6.07, 6.45) is 2.98. The van der Waals surface area contributed by atoms with Gasteiger partial charge in [-0.2, -0.15) is 0 Å². The van der Waals surface area contributed by atoms with Crippen molar-refractivity contribution in [1.82, 2.24) is 10.3 Å². The zero-order valence-electron chi connectivity index (χ0n) is 11.8. The Morgan fingerprint density at radius 3 is 2.65 bits per heavy atom. The molecule has 106 valence electrons. The van der Waals surface area contributed by atoms with Gasteiger partial charge in [-0.1, -0.05) is 12.1 Å². The molecular formula is C16H20N2O2. The normalized spacial score (nSPS) is 13.8. The highest BCUT2D eigenvalue weighted by Crippen LogP contribution is 2.19. The van der Waals surface area contributed by atoms with E-state index in [9.17, 15) is 5.11 Å². The van der Waals surface area contributed by atoms with Crippen molar-refractivity contribution in [3.05, 3.63) is 59.9 Å². The van der Waals surface area contributed by atoms with Gasteiger partial charge >= 0.3 is 0 Å². The van der Waals surface area contributed by atoms with Crippen molar-refractivity contribution < 1.29 is 9.84 Å². The van der Waals surface area contributed by atoms with Gasteiger partial charge < -0.3 is 15.2 Å². The molecule has 2 aromatic rings. The SMILES string of the molecule is COc1cccc(C(O)CN[C@H](C)c2ccncc2)c1. The number of aliphatic hydroxyl groups excluding tert-OH is 1. The number of rotatable bonds is 6. The molecule has 4 nitrogen and oxygen atoms in total. The molecule has 0 aliphatic heterocycles. The van der Waals surface area contributed by atoms with Crippen LogP contribution in [0, 0.1) is 0 Å². The minimum atomic E-state index is -0.561. The van der Waals surface area contributed by atoms with Crippen LogP contribution in [0.25, 0.3) is 0 Å². The average molecular weight is 272 g/mol. The Hall–Kier alpha value is -1.91. The van der Waals surface area contributed by atoms with E-state index in [2.05, 4.69) is 17.2 Å². The van der Waals surface area contributed by atoms with Gasteiger partial charge in [0.25, 0.3) is 0 Å². The first kappa shape index (κ1) is 14.5. The first-order chi connectivity index (χ1) is 9.70. The van der Waals surface area contributed by atoms with Crippen LogP contribution in [0.4, 0.5) is 0 Å². The summed E-state index contributed by atoms with van der Waals surface area (Å²) in [5.74, 6) is 0.753. The van der Waals surface area contributed by atoms with Crippen LogP contribution in [0.2, 0.25) is 0 Å². The number of methoxy groups -OCH3 is 1. The number of nitrogens with zero attached hydrogens (tertiary/aromatic N) is 1. The van der Waals surface area contributed by atoms with Crippen LogP contribution in [-0.4, -0.2) is 23.7 Å². The molecule has 2 rings (SSSR count). The maximum absolute atomic E-state index is 10.2. The lowest BCUT2D eigenvalue weighted by atomic mass is 10.1. The summed E-state index contributed by atoms with van der Waals surface area (Å²) in [5, 5.41) is 13.5. The molecule has 1 aromatic heterocycles. The van der Waals surface area contributed by atoms with Crippen molar-refractivity contribution in [3.63, 3.8) is 0 Å². The quantitative estimate of drug-likeness (QED) is 0.848. The Balaban J connectivity index is 1.93. The number of ether oxygens (including phenoxy) is 1. The summed E-state index contributed by atoms with van der Waals surface area (Å²) >= 11 is 0. The summed E-state index contributed by atoms with van der Waals surface area (Å²) in [7, 11) is 1.62. The molecule has 0 aliphatic carbocycles. The van der Waals surface area contributed by atoms with E-state index in [0.717, 1.165) is 16.9 Å². The van der Waals surface area contributed by atoms with Crippen LogP contribution in [-0.2, 0) is 0 Å². The van der Waals surface area contributed by atoms with Gasteiger partial charge in [0.05, 0.1) is 13.2 Å². The number of nitrogens with one attached hydrogen (secondary N) is 1. The fourth-order valence-electron chi connectivity index (χ4n) is 2.03. The molecule has 0 fully saturated rings. The number of hydrogen-bond acceptors (Lipinski definition) is 4. The van der Waals surface area contributed by atoms with E-state index < -0.39 is 6.10 Å². The van der Waals surface area contributed by atoms with Gasteiger partial charge in [0.1, 0.15) is 5.75 Å². The van der Waals surface area contributed by atoms with Crippen LogP contribution in [0.1, 0.15) is 30.2 Å². The second-order valence-electron chi connectivity index (χ2n) is 4.70. The lowest BCUT2D eigenvalue weighted by Crippen LogP contribution is -2.24. The third-order valence-corrected chi connectivity index (χ3v) is 3.30. The van der Waals surface area contributed by atoms with E-state index in [-0.39, 0.29) is 6.04 Å². The molecule has 2 N–H and O–H groups in total. The topological polar surface area (TPSA) is 54.4 Å². The Bertz CT molecular complexity index is 531.